The predicted molar refractivity (Wildman–Crippen MR) is 62.8 cm³/mol. The fraction of sp³-hybridized carbons (Fsp3) is 0.833. The zero-order chi connectivity index (χ0) is 14.3. The summed E-state index contributed by atoms with van der Waals surface area (Å²) in [6.45, 7) is 1.15. The molecule has 1 fully saturated rings. The number of hydrogen-bond acceptors (Lipinski definition) is 4. The summed E-state index contributed by atoms with van der Waals surface area (Å²) in [6.07, 6.45) is -0.802. The largest absolute Gasteiger partial charge is 0.465 e. The first kappa shape index (κ1) is 15.8. The van der Waals surface area contributed by atoms with Crippen molar-refractivity contribution in [2.45, 2.75) is 38.7 Å². The number of nitrogens with zero attached hydrogens (tertiary/aromatic N) is 1. The molecule has 0 radical (unpaired) electrons. The second-order valence-electron chi connectivity index (χ2n) is 4.27. The van der Waals surface area contributed by atoms with E-state index < -0.39 is 19.0 Å². The summed E-state index contributed by atoms with van der Waals surface area (Å²) in [4.78, 5) is 24.7. The standard InChI is InChI=1S/C12H19F2NO4/c1-2-19-12(17)7-15(9-3-4-9)11(16)5-6-18-8-10(13)14/h9-10H,2-8H2,1H3. The average Bonchev–Trinajstić information content (AvgIpc) is 3.15. The summed E-state index contributed by atoms with van der Waals surface area (Å²) in [5.74, 6) is -0.707. The Kier molecular flexibility index (Phi) is 6.69. The summed E-state index contributed by atoms with van der Waals surface area (Å²) in [6, 6.07) is 0.0759. The second kappa shape index (κ2) is 8.04. The minimum atomic E-state index is -2.53. The van der Waals surface area contributed by atoms with Crippen LogP contribution >= 0.6 is 0 Å². The lowest BCUT2D eigenvalue weighted by atomic mass is 10.3. The molecule has 0 N–H and O–H groups in total. The van der Waals surface area contributed by atoms with Gasteiger partial charge in [0, 0.05) is 6.04 Å². The lowest BCUT2D eigenvalue weighted by Crippen LogP contribution is -2.38. The van der Waals surface area contributed by atoms with Crippen LogP contribution in [0.3, 0.4) is 0 Å². The summed E-state index contributed by atoms with van der Waals surface area (Å²) in [5, 5.41) is 0. The van der Waals surface area contributed by atoms with E-state index in [0.717, 1.165) is 12.8 Å². The van der Waals surface area contributed by atoms with E-state index in [4.69, 9.17) is 4.74 Å². The highest BCUT2D eigenvalue weighted by molar-refractivity contribution is 5.82. The maximum atomic E-state index is 11.9. The summed E-state index contributed by atoms with van der Waals surface area (Å²) < 4.78 is 33.1. The zero-order valence-corrected chi connectivity index (χ0v) is 10.9. The number of amides is 1. The van der Waals surface area contributed by atoms with Gasteiger partial charge in [-0.05, 0) is 19.8 Å². The lowest BCUT2D eigenvalue weighted by molar-refractivity contribution is -0.149. The molecule has 0 aliphatic heterocycles. The van der Waals surface area contributed by atoms with E-state index in [2.05, 4.69) is 4.74 Å². The number of hydrogen-bond donors (Lipinski definition) is 0. The summed E-state index contributed by atoms with van der Waals surface area (Å²) in [5.41, 5.74) is 0. The molecule has 7 heteroatoms. The molecule has 0 unspecified atom stereocenters. The van der Waals surface area contributed by atoms with Gasteiger partial charge in [-0.1, -0.05) is 0 Å². The fourth-order valence-electron chi connectivity index (χ4n) is 1.63. The van der Waals surface area contributed by atoms with Crippen molar-refractivity contribution in [3.63, 3.8) is 0 Å². The number of carbonyl (C=O) groups excluding carboxylic acids is 2. The van der Waals surface area contributed by atoms with E-state index in [-0.39, 0.29) is 38.1 Å². The van der Waals surface area contributed by atoms with Crippen LogP contribution < -0.4 is 0 Å². The molecule has 19 heavy (non-hydrogen) atoms. The van der Waals surface area contributed by atoms with E-state index in [9.17, 15) is 18.4 Å². The van der Waals surface area contributed by atoms with Crippen molar-refractivity contribution in [1.29, 1.82) is 0 Å². The average molecular weight is 279 g/mol. The highest BCUT2D eigenvalue weighted by Gasteiger charge is 2.33. The number of ether oxygens (including phenoxy) is 2. The number of halogens is 2. The van der Waals surface area contributed by atoms with Crippen LogP contribution in [-0.4, -0.2) is 55.6 Å². The van der Waals surface area contributed by atoms with Crippen LogP contribution in [0, 0.1) is 0 Å². The molecule has 1 rings (SSSR count). The first-order valence-electron chi connectivity index (χ1n) is 6.35. The predicted octanol–water partition coefficient (Wildman–Crippen LogP) is 1.21. The van der Waals surface area contributed by atoms with Gasteiger partial charge in [-0.15, -0.1) is 0 Å². The Balaban J connectivity index is 2.30. The maximum absolute atomic E-state index is 11.9. The van der Waals surface area contributed by atoms with E-state index >= 15 is 0 Å². The molecule has 1 amide bonds. The topological polar surface area (TPSA) is 55.8 Å². The lowest BCUT2D eigenvalue weighted by Gasteiger charge is -2.21. The van der Waals surface area contributed by atoms with Gasteiger partial charge < -0.3 is 14.4 Å². The van der Waals surface area contributed by atoms with Gasteiger partial charge in [-0.3, -0.25) is 9.59 Å². The van der Waals surface area contributed by atoms with Crippen molar-refractivity contribution in [3.8, 4) is 0 Å². The molecule has 0 heterocycles. The van der Waals surface area contributed by atoms with Crippen LogP contribution in [0.5, 0.6) is 0 Å². The van der Waals surface area contributed by atoms with Crippen molar-refractivity contribution < 1.29 is 27.8 Å². The van der Waals surface area contributed by atoms with Gasteiger partial charge in [0.25, 0.3) is 6.43 Å². The molecule has 1 aliphatic rings. The highest BCUT2D eigenvalue weighted by Crippen LogP contribution is 2.27. The fourth-order valence-corrected chi connectivity index (χ4v) is 1.63. The zero-order valence-electron chi connectivity index (χ0n) is 10.9. The van der Waals surface area contributed by atoms with Crippen LogP contribution in [0.2, 0.25) is 0 Å². The number of alkyl halides is 2. The maximum Gasteiger partial charge on any atom is 0.325 e. The van der Waals surface area contributed by atoms with Crippen molar-refractivity contribution in [2.75, 3.05) is 26.4 Å². The second-order valence-corrected chi connectivity index (χ2v) is 4.27. The molecule has 5 nitrogen and oxygen atoms in total. The van der Waals surface area contributed by atoms with Gasteiger partial charge in [0.1, 0.15) is 13.2 Å². The third-order valence-corrected chi connectivity index (χ3v) is 2.62. The van der Waals surface area contributed by atoms with Crippen molar-refractivity contribution in [3.05, 3.63) is 0 Å². The Bertz CT molecular complexity index is 308. The van der Waals surface area contributed by atoms with E-state index in [0.29, 0.717) is 0 Å². The van der Waals surface area contributed by atoms with E-state index in [1.54, 1.807) is 6.92 Å². The van der Waals surface area contributed by atoms with Crippen LogP contribution in [-0.2, 0) is 19.1 Å². The molecule has 0 bridgehead atoms. The quantitative estimate of drug-likeness (QED) is 0.470. The molecule has 0 aromatic rings. The minimum absolute atomic E-state index is 0.00260. The van der Waals surface area contributed by atoms with Gasteiger partial charge in [0.15, 0.2) is 0 Å². The third kappa shape index (κ3) is 6.47. The first-order valence-corrected chi connectivity index (χ1v) is 6.35. The normalized spacial score (nSPS) is 14.5. The third-order valence-electron chi connectivity index (χ3n) is 2.62. The van der Waals surface area contributed by atoms with Gasteiger partial charge in [-0.25, -0.2) is 8.78 Å². The van der Waals surface area contributed by atoms with Crippen LogP contribution in [0.25, 0.3) is 0 Å². The van der Waals surface area contributed by atoms with Gasteiger partial charge >= 0.3 is 5.97 Å². The number of carbonyl (C=O) groups is 2. The molecule has 110 valence electrons. The Morgan fingerprint density at radius 2 is 2.05 bits per heavy atom. The molecule has 0 spiro atoms. The van der Waals surface area contributed by atoms with Gasteiger partial charge in [0.2, 0.25) is 5.91 Å². The molecule has 0 atom stereocenters. The van der Waals surface area contributed by atoms with E-state index in [1.807, 2.05) is 0 Å². The summed E-state index contributed by atoms with van der Waals surface area (Å²) >= 11 is 0. The monoisotopic (exact) mass is 279 g/mol. The molecule has 1 saturated carbocycles. The number of esters is 1. The number of rotatable bonds is 9. The molecule has 0 aromatic heterocycles. The van der Waals surface area contributed by atoms with Crippen LogP contribution in [0.4, 0.5) is 8.78 Å². The Morgan fingerprint density at radius 3 is 2.58 bits per heavy atom. The van der Waals surface area contributed by atoms with Crippen molar-refractivity contribution >= 4 is 11.9 Å². The molecule has 0 saturated heterocycles. The van der Waals surface area contributed by atoms with Gasteiger partial charge in [0.05, 0.1) is 19.6 Å². The Labute approximate surface area is 110 Å². The highest BCUT2D eigenvalue weighted by atomic mass is 19.3. The summed E-state index contributed by atoms with van der Waals surface area (Å²) in [7, 11) is 0. The molecular formula is C12H19F2NO4. The van der Waals surface area contributed by atoms with Crippen LogP contribution in [0.15, 0.2) is 0 Å². The smallest absolute Gasteiger partial charge is 0.325 e. The molecule has 0 aromatic carbocycles. The van der Waals surface area contributed by atoms with Crippen molar-refractivity contribution in [1.82, 2.24) is 4.90 Å². The van der Waals surface area contributed by atoms with Crippen LogP contribution in [0.1, 0.15) is 26.2 Å². The Morgan fingerprint density at radius 1 is 1.37 bits per heavy atom. The minimum Gasteiger partial charge on any atom is -0.465 e. The van der Waals surface area contributed by atoms with E-state index in [1.165, 1.54) is 4.90 Å². The van der Waals surface area contributed by atoms with Crippen molar-refractivity contribution in [2.24, 2.45) is 0 Å². The molecular weight excluding hydrogens is 260 g/mol. The Hall–Kier alpha value is -1.24. The SMILES string of the molecule is CCOC(=O)CN(C(=O)CCOCC(F)F)C1CC1. The molecule has 1 aliphatic carbocycles. The first-order chi connectivity index (χ1) is 9.04. The van der Waals surface area contributed by atoms with Gasteiger partial charge in [-0.2, -0.15) is 0 Å².